The topological polar surface area (TPSA) is 65.1 Å². The third-order valence-electron chi connectivity index (χ3n) is 5.92. The number of nitrogens with zero attached hydrogens (tertiary/aromatic N) is 4. The number of carbonyl (C=O) groups is 1. The minimum atomic E-state index is -0.0643. The fraction of sp³-hybridized carbons (Fsp3) is 0.812. The molecule has 120 valence electrons. The maximum Gasteiger partial charge on any atom is 0.222 e. The van der Waals surface area contributed by atoms with Crippen molar-refractivity contribution in [3.05, 3.63) is 11.6 Å². The first-order valence-corrected chi connectivity index (χ1v) is 8.53. The predicted molar refractivity (Wildman–Crippen MR) is 82.4 cm³/mol. The standard InChI is InChI=1S/C16H25N5O/c1-3-14(22)21-8-12-7-20(13-5-4-6-13)9-16(12,10-21)15-17-11(2)18-19-15/h12-13H,3-10H2,1-2H3,(H,17,18,19)/t12-,16-/m1/s1. The number of aromatic amines is 1. The van der Waals surface area contributed by atoms with E-state index in [1.54, 1.807) is 0 Å². The molecule has 2 aliphatic heterocycles. The van der Waals surface area contributed by atoms with Gasteiger partial charge in [-0.1, -0.05) is 13.3 Å². The van der Waals surface area contributed by atoms with Gasteiger partial charge in [0, 0.05) is 44.6 Å². The predicted octanol–water partition coefficient (Wildman–Crippen LogP) is 1.09. The summed E-state index contributed by atoms with van der Waals surface area (Å²) in [6.45, 7) is 7.64. The van der Waals surface area contributed by atoms with Gasteiger partial charge in [-0.15, -0.1) is 0 Å². The van der Waals surface area contributed by atoms with Crippen LogP contribution in [0.4, 0.5) is 0 Å². The molecule has 4 rings (SSSR count). The molecule has 1 aromatic rings. The molecule has 1 amide bonds. The highest BCUT2D eigenvalue weighted by Crippen LogP contribution is 2.46. The lowest BCUT2D eigenvalue weighted by Crippen LogP contribution is -2.44. The van der Waals surface area contributed by atoms with Crippen LogP contribution < -0.4 is 0 Å². The van der Waals surface area contributed by atoms with Gasteiger partial charge >= 0.3 is 0 Å². The molecule has 1 N–H and O–H groups in total. The van der Waals surface area contributed by atoms with Crippen LogP contribution in [0.15, 0.2) is 0 Å². The van der Waals surface area contributed by atoms with E-state index in [1.807, 2.05) is 18.7 Å². The molecule has 0 aromatic carbocycles. The van der Waals surface area contributed by atoms with Gasteiger partial charge in [-0.2, -0.15) is 5.10 Å². The zero-order valence-corrected chi connectivity index (χ0v) is 13.5. The van der Waals surface area contributed by atoms with Crippen molar-refractivity contribution in [3.63, 3.8) is 0 Å². The first-order chi connectivity index (χ1) is 10.6. The molecule has 0 bridgehead atoms. The van der Waals surface area contributed by atoms with Gasteiger partial charge < -0.3 is 4.90 Å². The Balaban J connectivity index is 1.64. The molecule has 1 aliphatic carbocycles. The minimum absolute atomic E-state index is 0.0643. The number of hydrogen-bond acceptors (Lipinski definition) is 4. The Morgan fingerprint density at radius 2 is 2.18 bits per heavy atom. The number of likely N-dealkylation sites (tertiary alicyclic amines) is 2. The van der Waals surface area contributed by atoms with Crippen LogP contribution in [0.1, 0.15) is 44.3 Å². The third-order valence-corrected chi connectivity index (χ3v) is 5.92. The minimum Gasteiger partial charge on any atom is -0.341 e. The van der Waals surface area contributed by atoms with Gasteiger partial charge in [0.25, 0.3) is 0 Å². The van der Waals surface area contributed by atoms with Crippen LogP contribution in [-0.4, -0.2) is 63.1 Å². The third kappa shape index (κ3) is 2.00. The van der Waals surface area contributed by atoms with Gasteiger partial charge in [-0.25, -0.2) is 4.98 Å². The Morgan fingerprint density at radius 1 is 1.36 bits per heavy atom. The van der Waals surface area contributed by atoms with Crippen molar-refractivity contribution in [3.8, 4) is 0 Å². The molecule has 3 aliphatic rings. The molecule has 0 unspecified atom stereocenters. The number of aromatic nitrogens is 3. The highest BCUT2D eigenvalue weighted by atomic mass is 16.2. The highest BCUT2D eigenvalue weighted by molar-refractivity contribution is 5.76. The van der Waals surface area contributed by atoms with E-state index in [1.165, 1.54) is 19.3 Å². The Hall–Kier alpha value is -1.43. The lowest BCUT2D eigenvalue weighted by atomic mass is 9.80. The van der Waals surface area contributed by atoms with E-state index < -0.39 is 0 Å². The SMILES string of the molecule is CCC(=O)N1C[C@H]2CN(C3CCC3)C[C@@]2(c2n[nH]c(C)n2)C1. The van der Waals surface area contributed by atoms with E-state index in [2.05, 4.69) is 20.1 Å². The van der Waals surface area contributed by atoms with Gasteiger partial charge in [-0.3, -0.25) is 14.8 Å². The number of fused-ring (bicyclic) bond motifs is 1. The summed E-state index contributed by atoms with van der Waals surface area (Å²) in [5.74, 6) is 2.52. The molecule has 22 heavy (non-hydrogen) atoms. The van der Waals surface area contributed by atoms with Crippen LogP contribution in [0.25, 0.3) is 0 Å². The lowest BCUT2D eigenvalue weighted by molar-refractivity contribution is -0.130. The number of aryl methyl sites for hydroxylation is 1. The molecule has 2 saturated heterocycles. The molecule has 0 spiro atoms. The van der Waals surface area contributed by atoms with Crippen LogP contribution in [0, 0.1) is 12.8 Å². The van der Waals surface area contributed by atoms with Crippen molar-refractivity contribution in [2.45, 2.75) is 51.0 Å². The highest BCUT2D eigenvalue weighted by Gasteiger charge is 2.57. The van der Waals surface area contributed by atoms with Gasteiger partial charge in [-0.05, 0) is 19.8 Å². The molecular weight excluding hydrogens is 278 g/mol. The maximum absolute atomic E-state index is 12.2. The van der Waals surface area contributed by atoms with E-state index in [0.29, 0.717) is 12.3 Å². The van der Waals surface area contributed by atoms with Crippen molar-refractivity contribution < 1.29 is 4.79 Å². The summed E-state index contributed by atoms with van der Waals surface area (Å²) in [6, 6.07) is 0.748. The number of H-pyrrole nitrogens is 1. The Labute approximate surface area is 131 Å². The van der Waals surface area contributed by atoms with Crippen molar-refractivity contribution in [2.75, 3.05) is 26.2 Å². The normalized spacial score (nSPS) is 32.3. The van der Waals surface area contributed by atoms with Gasteiger partial charge in [0.2, 0.25) is 5.91 Å². The number of amides is 1. The number of rotatable bonds is 3. The summed E-state index contributed by atoms with van der Waals surface area (Å²) >= 11 is 0. The second-order valence-corrected chi connectivity index (χ2v) is 7.24. The van der Waals surface area contributed by atoms with E-state index >= 15 is 0 Å². The van der Waals surface area contributed by atoms with Gasteiger partial charge in [0.1, 0.15) is 5.82 Å². The summed E-state index contributed by atoms with van der Waals surface area (Å²) in [4.78, 5) is 21.5. The van der Waals surface area contributed by atoms with Crippen LogP contribution in [0.3, 0.4) is 0 Å². The molecule has 3 heterocycles. The fourth-order valence-electron chi connectivity index (χ4n) is 4.43. The molecule has 1 saturated carbocycles. The first kappa shape index (κ1) is 14.2. The molecule has 6 nitrogen and oxygen atoms in total. The largest absolute Gasteiger partial charge is 0.341 e. The van der Waals surface area contributed by atoms with Crippen molar-refractivity contribution in [1.29, 1.82) is 0 Å². The Bertz CT molecular complexity index is 581. The summed E-state index contributed by atoms with van der Waals surface area (Å²) in [6.07, 6.45) is 4.60. The monoisotopic (exact) mass is 303 g/mol. The summed E-state index contributed by atoms with van der Waals surface area (Å²) < 4.78 is 0. The second-order valence-electron chi connectivity index (χ2n) is 7.24. The number of hydrogen-bond donors (Lipinski definition) is 1. The van der Waals surface area contributed by atoms with Gasteiger partial charge in [0.15, 0.2) is 5.82 Å². The van der Waals surface area contributed by atoms with Crippen molar-refractivity contribution >= 4 is 5.91 Å². The van der Waals surface area contributed by atoms with E-state index in [4.69, 9.17) is 0 Å². The van der Waals surface area contributed by atoms with Crippen molar-refractivity contribution in [2.24, 2.45) is 5.92 Å². The molecule has 0 radical (unpaired) electrons. The van der Waals surface area contributed by atoms with Crippen LogP contribution >= 0.6 is 0 Å². The molecule has 1 aromatic heterocycles. The van der Waals surface area contributed by atoms with Crippen molar-refractivity contribution in [1.82, 2.24) is 25.0 Å². The summed E-state index contributed by atoms with van der Waals surface area (Å²) in [5, 5.41) is 7.49. The first-order valence-electron chi connectivity index (χ1n) is 8.53. The zero-order chi connectivity index (χ0) is 15.3. The smallest absolute Gasteiger partial charge is 0.222 e. The summed E-state index contributed by atoms with van der Waals surface area (Å²) in [5.41, 5.74) is -0.0643. The molecule has 2 atom stereocenters. The number of carbonyl (C=O) groups excluding carboxylic acids is 1. The molecular formula is C16H25N5O. The van der Waals surface area contributed by atoms with E-state index in [-0.39, 0.29) is 11.3 Å². The average molecular weight is 303 g/mol. The number of nitrogens with one attached hydrogen (secondary N) is 1. The Kier molecular flexibility index (Phi) is 3.25. The zero-order valence-electron chi connectivity index (χ0n) is 13.5. The molecule has 6 heteroatoms. The maximum atomic E-state index is 12.2. The van der Waals surface area contributed by atoms with Gasteiger partial charge in [0.05, 0.1) is 5.41 Å². The lowest BCUT2D eigenvalue weighted by Gasteiger charge is -2.36. The van der Waals surface area contributed by atoms with E-state index in [9.17, 15) is 4.79 Å². The Morgan fingerprint density at radius 3 is 2.77 bits per heavy atom. The van der Waals surface area contributed by atoms with Crippen LogP contribution in [-0.2, 0) is 10.2 Å². The van der Waals surface area contributed by atoms with Crippen LogP contribution in [0.5, 0.6) is 0 Å². The quantitative estimate of drug-likeness (QED) is 0.908. The summed E-state index contributed by atoms with van der Waals surface area (Å²) in [7, 11) is 0. The second kappa shape index (κ2) is 5.05. The average Bonchev–Trinajstić information content (AvgIpc) is 3.08. The molecule has 3 fully saturated rings. The fourth-order valence-corrected chi connectivity index (χ4v) is 4.43. The van der Waals surface area contributed by atoms with E-state index in [0.717, 1.165) is 43.9 Å². The van der Waals surface area contributed by atoms with Crippen LogP contribution in [0.2, 0.25) is 0 Å².